The molecule has 2 aromatic rings. The average molecular weight is 432 g/mol. The van der Waals surface area contributed by atoms with Gasteiger partial charge in [-0.2, -0.15) is 0 Å². The Hall–Kier alpha value is -3.41. The van der Waals surface area contributed by atoms with Crippen LogP contribution in [0, 0.1) is 13.8 Å². The molecule has 2 aliphatic heterocycles. The van der Waals surface area contributed by atoms with Crippen molar-refractivity contribution >= 4 is 35.3 Å². The van der Waals surface area contributed by atoms with Crippen LogP contribution in [0.5, 0.6) is 0 Å². The highest BCUT2D eigenvalue weighted by molar-refractivity contribution is 6.39. The van der Waals surface area contributed by atoms with Gasteiger partial charge in [-0.15, -0.1) is 0 Å². The number of rotatable bonds is 2. The van der Waals surface area contributed by atoms with Gasteiger partial charge in [-0.1, -0.05) is 19.1 Å². The highest BCUT2D eigenvalue weighted by atomic mass is 16.2. The quantitative estimate of drug-likeness (QED) is 0.553. The smallest absolute Gasteiger partial charge is 0.335 e. The second kappa shape index (κ2) is 7.62. The van der Waals surface area contributed by atoms with Gasteiger partial charge in [-0.3, -0.25) is 14.9 Å². The van der Waals surface area contributed by atoms with Gasteiger partial charge in [0.2, 0.25) is 0 Å². The first kappa shape index (κ1) is 21.8. The van der Waals surface area contributed by atoms with E-state index in [1.807, 2.05) is 38.1 Å². The molecule has 166 valence electrons. The summed E-state index contributed by atoms with van der Waals surface area (Å²) in [5, 5.41) is 2.30. The number of fused-ring (bicyclic) bond motifs is 1. The molecule has 1 fully saturated rings. The summed E-state index contributed by atoms with van der Waals surface area (Å²) in [5.74, 6) is -0.950. The Morgan fingerprint density at radius 3 is 2.44 bits per heavy atom. The van der Waals surface area contributed by atoms with E-state index in [0.29, 0.717) is 11.6 Å². The fraction of sp³-hybridized carbons (Fsp3) is 0.346. The number of imide groups is 2. The molecule has 4 rings (SSSR count). The number of urea groups is 1. The number of carbonyl (C=O) groups excluding carboxylic acids is 3. The van der Waals surface area contributed by atoms with E-state index < -0.39 is 17.8 Å². The van der Waals surface area contributed by atoms with Crippen molar-refractivity contribution in [3.05, 3.63) is 64.2 Å². The number of aryl methyl sites for hydroxylation is 2. The third-order valence-corrected chi connectivity index (χ3v) is 6.82. The zero-order chi connectivity index (χ0) is 23.4. The van der Waals surface area contributed by atoms with Crippen LogP contribution in [0.25, 0.3) is 6.08 Å². The van der Waals surface area contributed by atoms with Crippen LogP contribution in [0.1, 0.15) is 55.4 Å². The van der Waals surface area contributed by atoms with Crippen LogP contribution >= 0.6 is 0 Å². The van der Waals surface area contributed by atoms with E-state index in [1.54, 1.807) is 18.2 Å². The minimum absolute atomic E-state index is 0.0542. The standard InChI is InChI=1S/C26H29N3O3/c1-15-7-9-19(11-16(15)2)29-24(31)21(23(30)27-25(29)32)13-18-8-10-22-20(12-18)17(3)14-26(4,5)28(22)6/h7-13,17H,14H2,1-6H3,(H,27,30,32)/b21-13+/t17-/m0/s1. The van der Waals surface area contributed by atoms with E-state index in [9.17, 15) is 14.4 Å². The molecule has 2 aliphatic rings. The number of nitrogens with one attached hydrogen (secondary N) is 1. The largest absolute Gasteiger partial charge is 0.369 e. The average Bonchev–Trinajstić information content (AvgIpc) is 2.71. The number of hydrogen-bond donors (Lipinski definition) is 1. The van der Waals surface area contributed by atoms with Gasteiger partial charge in [0.05, 0.1) is 5.69 Å². The SMILES string of the molecule is Cc1ccc(N2C(=O)NC(=O)/C(=C\c3ccc4c(c3)[C@@H](C)CC(C)(C)N4C)C2=O)cc1C. The Morgan fingerprint density at radius 2 is 1.75 bits per heavy atom. The van der Waals surface area contributed by atoms with Gasteiger partial charge in [-0.25, -0.2) is 9.69 Å². The Kier molecular flexibility index (Phi) is 5.19. The molecule has 2 heterocycles. The Labute approximate surface area is 188 Å². The van der Waals surface area contributed by atoms with Crippen LogP contribution in [0.2, 0.25) is 0 Å². The van der Waals surface area contributed by atoms with Crippen molar-refractivity contribution < 1.29 is 14.4 Å². The number of barbiturate groups is 1. The van der Waals surface area contributed by atoms with Gasteiger partial charge in [-0.05, 0) is 92.6 Å². The van der Waals surface area contributed by atoms with Gasteiger partial charge in [0.25, 0.3) is 11.8 Å². The number of carbonyl (C=O) groups is 3. The minimum atomic E-state index is -0.733. The number of amides is 4. The summed E-state index contributed by atoms with van der Waals surface area (Å²) < 4.78 is 0. The molecular formula is C26H29N3O3. The Bertz CT molecular complexity index is 1180. The molecule has 0 unspecified atom stereocenters. The first-order valence-corrected chi connectivity index (χ1v) is 10.9. The third kappa shape index (κ3) is 3.60. The number of hydrogen-bond acceptors (Lipinski definition) is 4. The van der Waals surface area contributed by atoms with Crippen LogP contribution in [0.3, 0.4) is 0 Å². The van der Waals surface area contributed by atoms with Crippen LogP contribution < -0.4 is 15.1 Å². The maximum absolute atomic E-state index is 13.2. The topological polar surface area (TPSA) is 69.7 Å². The molecule has 32 heavy (non-hydrogen) atoms. The highest BCUT2D eigenvalue weighted by Crippen LogP contribution is 2.42. The normalized spacial score (nSPS) is 21.6. The second-order valence-electron chi connectivity index (χ2n) is 9.52. The second-order valence-corrected chi connectivity index (χ2v) is 9.52. The summed E-state index contributed by atoms with van der Waals surface area (Å²) >= 11 is 0. The predicted molar refractivity (Wildman–Crippen MR) is 127 cm³/mol. The molecule has 1 saturated heterocycles. The van der Waals surface area contributed by atoms with E-state index in [1.165, 1.54) is 5.56 Å². The van der Waals surface area contributed by atoms with Crippen molar-refractivity contribution in [3.63, 3.8) is 0 Å². The van der Waals surface area contributed by atoms with Gasteiger partial charge in [0.1, 0.15) is 5.57 Å². The molecule has 0 aromatic heterocycles. The monoisotopic (exact) mass is 431 g/mol. The van der Waals surface area contributed by atoms with Gasteiger partial charge in [0.15, 0.2) is 0 Å². The maximum atomic E-state index is 13.2. The summed E-state index contributed by atoms with van der Waals surface area (Å²) in [7, 11) is 2.09. The first-order chi connectivity index (χ1) is 15.0. The molecule has 1 N–H and O–H groups in total. The minimum Gasteiger partial charge on any atom is -0.369 e. The van der Waals surface area contributed by atoms with Crippen molar-refractivity contribution in [1.82, 2.24) is 5.32 Å². The summed E-state index contributed by atoms with van der Waals surface area (Å²) in [5.41, 5.74) is 5.56. The summed E-state index contributed by atoms with van der Waals surface area (Å²) in [6, 6.07) is 10.6. The fourth-order valence-electron chi connectivity index (χ4n) is 4.61. The van der Waals surface area contributed by atoms with E-state index >= 15 is 0 Å². The van der Waals surface area contributed by atoms with Gasteiger partial charge >= 0.3 is 6.03 Å². The third-order valence-electron chi connectivity index (χ3n) is 6.82. The first-order valence-electron chi connectivity index (χ1n) is 10.9. The lowest BCUT2D eigenvalue weighted by Crippen LogP contribution is -2.54. The molecule has 0 saturated carbocycles. The molecule has 6 nitrogen and oxygen atoms in total. The molecule has 0 spiro atoms. The Balaban J connectivity index is 1.73. The predicted octanol–water partition coefficient (Wildman–Crippen LogP) is 4.69. The lowest BCUT2D eigenvalue weighted by atomic mass is 9.80. The number of nitrogens with zero attached hydrogens (tertiary/aromatic N) is 2. The molecule has 0 radical (unpaired) electrons. The lowest BCUT2D eigenvalue weighted by Gasteiger charge is -2.45. The van der Waals surface area contributed by atoms with Gasteiger partial charge in [0, 0.05) is 18.3 Å². The van der Waals surface area contributed by atoms with E-state index in [-0.39, 0.29) is 11.1 Å². The van der Waals surface area contributed by atoms with Crippen molar-refractivity contribution in [2.24, 2.45) is 0 Å². The summed E-state index contributed by atoms with van der Waals surface area (Å²) in [4.78, 5) is 41.5. The van der Waals surface area contributed by atoms with Crippen molar-refractivity contribution in [1.29, 1.82) is 0 Å². The van der Waals surface area contributed by atoms with Crippen LogP contribution in [-0.2, 0) is 9.59 Å². The molecule has 6 heteroatoms. The van der Waals surface area contributed by atoms with Crippen molar-refractivity contribution in [2.75, 3.05) is 16.8 Å². The van der Waals surface area contributed by atoms with Gasteiger partial charge < -0.3 is 4.90 Å². The number of benzene rings is 2. The lowest BCUT2D eigenvalue weighted by molar-refractivity contribution is -0.122. The van der Waals surface area contributed by atoms with E-state index in [4.69, 9.17) is 0 Å². The Morgan fingerprint density at radius 1 is 1.03 bits per heavy atom. The molecule has 1 atom stereocenters. The summed E-state index contributed by atoms with van der Waals surface area (Å²) in [6.07, 6.45) is 2.58. The van der Waals surface area contributed by atoms with Crippen LogP contribution in [-0.4, -0.2) is 30.4 Å². The van der Waals surface area contributed by atoms with Crippen LogP contribution in [0.4, 0.5) is 16.2 Å². The van der Waals surface area contributed by atoms with E-state index in [0.717, 1.165) is 33.7 Å². The summed E-state index contributed by atoms with van der Waals surface area (Å²) in [6.45, 7) is 10.5. The molecule has 4 amide bonds. The zero-order valence-corrected chi connectivity index (χ0v) is 19.4. The highest BCUT2D eigenvalue weighted by Gasteiger charge is 2.37. The van der Waals surface area contributed by atoms with Crippen LogP contribution in [0.15, 0.2) is 42.0 Å². The fourth-order valence-corrected chi connectivity index (χ4v) is 4.61. The molecule has 2 aromatic carbocycles. The maximum Gasteiger partial charge on any atom is 0.335 e. The van der Waals surface area contributed by atoms with E-state index in [2.05, 4.69) is 38.0 Å². The molecule has 0 aliphatic carbocycles. The van der Waals surface area contributed by atoms with Crippen molar-refractivity contribution in [2.45, 2.75) is 52.5 Å². The zero-order valence-electron chi connectivity index (χ0n) is 19.4. The molecular weight excluding hydrogens is 402 g/mol. The van der Waals surface area contributed by atoms with Crippen molar-refractivity contribution in [3.8, 4) is 0 Å². The number of anilines is 2. The molecule has 0 bridgehead atoms.